The van der Waals surface area contributed by atoms with Crippen LogP contribution in [0.1, 0.15) is 31.9 Å². The Morgan fingerprint density at radius 2 is 1.68 bits per heavy atom. The monoisotopic (exact) mass is 474 g/mol. The van der Waals surface area contributed by atoms with Crippen molar-refractivity contribution in [3.63, 3.8) is 0 Å². The molecule has 0 spiro atoms. The highest BCUT2D eigenvalue weighted by Crippen LogP contribution is 2.44. The molecule has 0 saturated carbocycles. The molecule has 0 fully saturated rings. The zero-order valence-corrected chi connectivity index (χ0v) is 22.2. The molecule has 1 unspecified atom stereocenters. The molecule has 0 bridgehead atoms. The summed E-state index contributed by atoms with van der Waals surface area (Å²) in [5.74, 6) is 0. The molecule has 0 N–H and O–H groups in total. The summed E-state index contributed by atoms with van der Waals surface area (Å²) in [7, 11) is -0.148. The predicted molar refractivity (Wildman–Crippen MR) is 139 cm³/mol. The Balaban J connectivity index is 1.85. The third-order valence-electron chi connectivity index (χ3n) is 7.32. The van der Waals surface area contributed by atoms with Crippen LogP contribution in [0, 0.1) is 0 Å². The summed E-state index contributed by atoms with van der Waals surface area (Å²) in [5.41, 5.74) is 2.61. The van der Waals surface area contributed by atoms with E-state index in [1.165, 1.54) is 0 Å². The molecule has 0 radical (unpaired) electrons. The summed E-state index contributed by atoms with van der Waals surface area (Å²) in [5, 5.41) is 0.0679. The smallest absolute Gasteiger partial charge is 0.414 e. The van der Waals surface area contributed by atoms with Gasteiger partial charge in [0.15, 0.2) is 8.32 Å². The molecule has 34 heavy (non-hydrogen) atoms. The number of hydrogen-bond donors (Lipinski definition) is 0. The lowest BCUT2D eigenvalue weighted by Crippen LogP contribution is -2.53. The van der Waals surface area contributed by atoms with E-state index in [2.05, 4.69) is 64.2 Å². The average molecular weight is 475 g/mol. The van der Waals surface area contributed by atoms with Gasteiger partial charge in [0.25, 0.3) is 6.33 Å². The molecule has 1 atom stereocenters. The predicted octanol–water partition coefficient (Wildman–Crippen LogP) is 5.60. The van der Waals surface area contributed by atoms with Crippen molar-refractivity contribution in [3.05, 3.63) is 96.6 Å². The number of hydrogen-bond acceptors (Lipinski definition) is 2. The Hall–Kier alpha value is -2.96. The number of aromatic nitrogens is 2. The van der Waals surface area contributed by atoms with Gasteiger partial charge in [0.2, 0.25) is 0 Å². The van der Waals surface area contributed by atoms with Crippen molar-refractivity contribution in [3.8, 4) is 0 Å². The van der Waals surface area contributed by atoms with Gasteiger partial charge in [0.1, 0.15) is 17.9 Å². The molecule has 4 rings (SSSR count). The van der Waals surface area contributed by atoms with Gasteiger partial charge >= 0.3 is 6.03 Å². The first kappa shape index (κ1) is 24.2. The van der Waals surface area contributed by atoms with Crippen molar-refractivity contribution >= 4 is 19.9 Å². The van der Waals surface area contributed by atoms with Crippen LogP contribution in [0.2, 0.25) is 18.1 Å². The van der Waals surface area contributed by atoms with Crippen molar-refractivity contribution in [1.29, 1.82) is 0 Å². The van der Waals surface area contributed by atoms with Gasteiger partial charge < -0.3 is 4.43 Å². The van der Waals surface area contributed by atoms with E-state index in [4.69, 9.17) is 4.43 Å². The highest BCUT2D eigenvalue weighted by atomic mass is 28.4. The molecule has 2 aromatic carbocycles. The summed E-state index contributed by atoms with van der Waals surface area (Å²) >= 11 is 0. The highest BCUT2D eigenvalue weighted by Gasteiger charge is 2.49. The van der Waals surface area contributed by atoms with Crippen LogP contribution in [0.5, 0.6) is 0 Å². The summed E-state index contributed by atoms with van der Waals surface area (Å²) in [6.45, 7) is 12.2. The minimum Gasteiger partial charge on any atom is -0.414 e. The summed E-state index contributed by atoms with van der Waals surface area (Å²) in [4.78, 5) is 15.9. The van der Waals surface area contributed by atoms with E-state index in [1.54, 1.807) is 4.57 Å². The van der Waals surface area contributed by atoms with Gasteiger partial charge in [-0.25, -0.2) is 9.36 Å². The van der Waals surface area contributed by atoms with E-state index in [0.717, 1.165) is 16.7 Å². The van der Waals surface area contributed by atoms with Gasteiger partial charge in [0, 0.05) is 0 Å². The molecule has 6 heteroatoms. The van der Waals surface area contributed by atoms with Crippen LogP contribution in [0.3, 0.4) is 0 Å². The largest absolute Gasteiger partial charge is 0.417 e. The van der Waals surface area contributed by atoms with Crippen LogP contribution in [0.15, 0.2) is 85.5 Å². The summed E-state index contributed by atoms with van der Waals surface area (Å²) < 4.78 is 10.4. The van der Waals surface area contributed by atoms with Gasteiger partial charge in [-0.05, 0) is 40.9 Å². The van der Waals surface area contributed by atoms with Crippen LogP contribution >= 0.6 is 0 Å². The fourth-order valence-corrected chi connectivity index (χ4v) is 5.18. The first-order valence-electron chi connectivity index (χ1n) is 11.9. The average Bonchev–Trinajstić information content (AvgIpc) is 3.43. The minimum atomic E-state index is -2.07. The molecular weight excluding hydrogens is 438 g/mol. The number of benzene rings is 2. The van der Waals surface area contributed by atoms with Crippen LogP contribution in [0.4, 0.5) is 4.79 Å². The maximum absolute atomic E-state index is 13.9. The highest BCUT2D eigenvalue weighted by molar-refractivity contribution is 6.74. The number of carbonyl (C=O) groups is 1. The molecule has 3 aromatic rings. The van der Waals surface area contributed by atoms with E-state index in [1.807, 2.05) is 71.6 Å². The third kappa shape index (κ3) is 4.52. The molecule has 1 aliphatic rings. The van der Waals surface area contributed by atoms with Gasteiger partial charge in [-0.1, -0.05) is 81.4 Å². The second-order valence-corrected chi connectivity index (χ2v) is 15.5. The minimum absolute atomic E-state index is 0.0644. The number of nitrogens with zero attached hydrogens (tertiary/aromatic N) is 3. The van der Waals surface area contributed by atoms with Gasteiger partial charge in [-0.3, -0.25) is 4.90 Å². The van der Waals surface area contributed by atoms with Crippen molar-refractivity contribution in [2.24, 2.45) is 7.05 Å². The molecule has 0 saturated heterocycles. The Morgan fingerprint density at radius 3 is 2.24 bits per heavy atom. The van der Waals surface area contributed by atoms with Crippen LogP contribution in [-0.4, -0.2) is 37.0 Å². The second kappa shape index (κ2) is 9.00. The number of aryl methyl sites for hydroxylation is 1. The molecule has 1 aliphatic heterocycles. The van der Waals surface area contributed by atoms with Crippen LogP contribution < -0.4 is 4.57 Å². The van der Waals surface area contributed by atoms with E-state index in [-0.39, 0.29) is 11.1 Å². The van der Waals surface area contributed by atoms with E-state index in [0.29, 0.717) is 13.2 Å². The maximum atomic E-state index is 13.9. The lowest BCUT2D eigenvalue weighted by molar-refractivity contribution is -0.670. The van der Waals surface area contributed by atoms with E-state index in [9.17, 15) is 4.79 Å². The molecule has 2 heterocycles. The number of carbonyl (C=O) groups excluding carboxylic acids is 1. The van der Waals surface area contributed by atoms with Crippen LogP contribution in [0.25, 0.3) is 5.57 Å². The summed E-state index contributed by atoms with van der Waals surface area (Å²) in [6.07, 6.45) is 7.77. The molecule has 1 aromatic heterocycles. The number of rotatable bonds is 5. The zero-order chi connectivity index (χ0) is 24.6. The lowest BCUT2D eigenvalue weighted by atomic mass is 9.89. The van der Waals surface area contributed by atoms with Crippen molar-refractivity contribution in [2.75, 3.05) is 13.2 Å². The standard InChI is InChI=1S/C28H36N3O2Si/c1-27(2,3)34(5,6)33-21-28(25-15-11-8-12-16-25)19-24(23-13-9-7-10-14-23)20-31(28)26(32)30-18-17-29(4)22-30/h7-19,22H,20-21H2,1-6H3/q+1. The molecular formula is C28H36N3O2Si+. The first-order valence-corrected chi connectivity index (χ1v) is 14.8. The first-order chi connectivity index (χ1) is 16.0. The maximum Gasteiger partial charge on any atom is 0.417 e. The Labute approximate surface area is 204 Å². The molecule has 0 aliphatic carbocycles. The van der Waals surface area contributed by atoms with Gasteiger partial charge in [-0.2, -0.15) is 4.57 Å². The number of imidazole rings is 1. The number of amides is 1. The molecule has 1 amide bonds. The fourth-order valence-electron chi connectivity index (χ4n) is 4.17. The van der Waals surface area contributed by atoms with Crippen molar-refractivity contribution in [1.82, 2.24) is 9.47 Å². The Morgan fingerprint density at radius 1 is 1.06 bits per heavy atom. The second-order valence-electron chi connectivity index (χ2n) is 10.7. The van der Waals surface area contributed by atoms with Crippen molar-refractivity contribution in [2.45, 2.75) is 44.4 Å². The van der Waals surface area contributed by atoms with Crippen LogP contribution in [-0.2, 0) is 17.0 Å². The fraction of sp³-hybridized carbons (Fsp3) is 0.357. The Kier molecular flexibility index (Phi) is 6.40. The zero-order valence-electron chi connectivity index (χ0n) is 21.2. The molecule has 178 valence electrons. The lowest BCUT2D eigenvalue weighted by Gasteiger charge is -2.42. The quantitative estimate of drug-likeness (QED) is 0.357. The third-order valence-corrected chi connectivity index (χ3v) is 11.8. The van der Waals surface area contributed by atoms with E-state index < -0.39 is 13.9 Å². The van der Waals surface area contributed by atoms with Crippen molar-refractivity contribution < 1.29 is 13.8 Å². The molecule has 5 nitrogen and oxygen atoms in total. The SMILES string of the molecule is C[n+]1ccn(C(=O)N2CC(c3ccccc3)=CC2(CO[Si](C)(C)C(C)(C)C)c2ccccc2)c1. The topological polar surface area (TPSA) is 38.3 Å². The van der Waals surface area contributed by atoms with Gasteiger partial charge in [0.05, 0.1) is 20.2 Å². The van der Waals surface area contributed by atoms with E-state index >= 15 is 0 Å². The summed E-state index contributed by atoms with van der Waals surface area (Å²) in [6, 6.07) is 20.6. The normalized spacial score (nSPS) is 18.8. The Bertz CT molecular complexity index is 1180. The van der Waals surface area contributed by atoms with Gasteiger partial charge in [-0.15, -0.1) is 0 Å².